The summed E-state index contributed by atoms with van der Waals surface area (Å²) in [6.45, 7) is 0. The molecule has 0 spiro atoms. The Balaban J connectivity index is 1.95. The van der Waals surface area contributed by atoms with Crippen LogP contribution in [0.2, 0.25) is 5.02 Å². The van der Waals surface area contributed by atoms with Crippen molar-refractivity contribution in [2.45, 2.75) is 16.2 Å². The zero-order valence-electron chi connectivity index (χ0n) is 10.1. The zero-order chi connectivity index (χ0) is 12.8. The summed E-state index contributed by atoms with van der Waals surface area (Å²) >= 11 is 7.89. The van der Waals surface area contributed by atoms with Crippen LogP contribution in [0, 0.1) is 0 Å². The highest BCUT2D eigenvalue weighted by molar-refractivity contribution is 7.99. The fraction of sp³-hybridized carbons (Fsp3) is 0.0625. The first-order valence-electron chi connectivity index (χ1n) is 6.14. The van der Waals surface area contributed by atoms with Gasteiger partial charge in [0, 0.05) is 32.8 Å². The maximum atomic E-state index is 6.10. The van der Waals surface area contributed by atoms with E-state index in [9.17, 15) is 0 Å². The van der Waals surface area contributed by atoms with Gasteiger partial charge in [0.15, 0.2) is 0 Å². The summed E-state index contributed by atoms with van der Waals surface area (Å²) in [5, 5.41) is 2.05. The van der Waals surface area contributed by atoms with Crippen LogP contribution in [0.3, 0.4) is 0 Å². The molecular formula is C16H10ClNS. The molecule has 2 heterocycles. The Labute approximate surface area is 120 Å². The number of para-hydroxylation sites is 1. The first kappa shape index (κ1) is 11.3. The molecule has 0 amide bonds. The standard InChI is InChI=1S/C16H10ClNS/c17-11-5-6-15-10(7-11)8-13-12-3-1-2-4-14(12)18-9-16(13)19-15/h1-7,9H,8H2. The topological polar surface area (TPSA) is 12.9 Å². The van der Waals surface area contributed by atoms with E-state index in [0.717, 1.165) is 17.0 Å². The average molecular weight is 284 g/mol. The van der Waals surface area contributed by atoms with Gasteiger partial charge >= 0.3 is 0 Å². The van der Waals surface area contributed by atoms with Crippen LogP contribution in [0.1, 0.15) is 11.1 Å². The van der Waals surface area contributed by atoms with E-state index in [2.05, 4.69) is 35.3 Å². The second-order valence-corrected chi connectivity index (χ2v) is 6.17. The van der Waals surface area contributed by atoms with E-state index >= 15 is 0 Å². The highest BCUT2D eigenvalue weighted by atomic mass is 35.5. The van der Waals surface area contributed by atoms with Gasteiger partial charge in [-0.1, -0.05) is 41.6 Å². The van der Waals surface area contributed by atoms with Crippen molar-refractivity contribution < 1.29 is 0 Å². The Morgan fingerprint density at radius 2 is 1.95 bits per heavy atom. The number of fused-ring (bicyclic) bond motifs is 4. The molecule has 0 fully saturated rings. The molecule has 0 N–H and O–H groups in total. The Morgan fingerprint density at radius 1 is 1.05 bits per heavy atom. The molecule has 0 atom stereocenters. The van der Waals surface area contributed by atoms with Crippen LogP contribution in [0.4, 0.5) is 0 Å². The zero-order valence-corrected chi connectivity index (χ0v) is 11.6. The predicted molar refractivity (Wildman–Crippen MR) is 80.1 cm³/mol. The number of hydrogen-bond donors (Lipinski definition) is 0. The molecule has 92 valence electrons. The van der Waals surface area contributed by atoms with Gasteiger partial charge in [0.2, 0.25) is 0 Å². The highest BCUT2D eigenvalue weighted by Crippen LogP contribution is 2.42. The smallest absolute Gasteiger partial charge is 0.0705 e. The molecule has 0 aliphatic carbocycles. The molecule has 2 aromatic carbocycles. The molecule has 1 nitrogen and oxygen atoms in total. The first-order valence-corrected chi connectivity index (χ1v) is 7.33. The van der Waals surface area contributed by atoms with Gasteiger partial charge in [-0.25, -0.2) is 0 Å². The molecular weight excluding hydrogens is 274 g/mol. The fourth-order valence-electron chi connectivity index (χ4n) is 2.55. The average Bonchev–Trinajstić information content (AvgIpc) is 2.45. The molecule has 1 aliphatic heterocycles. The maximum absolute atomic E-state index is 6.10. The molecule has 0 saturated carbocycles. The second kappa shape index (κ2) is 4.26. The van der Waals surface area contributed by atoms with Crippen LogP contribution in [0.15, 0.2) is 58.5 Å². The molecule has 0 unspecified atom stereocenters. The summed E-state index contributed by atoms with van der Waals surface area (Å²) < 4.78 is 0. The molecule has 1 aliphatic rings. The molecule has 0 saturated heterocycles. The van der Waals surface area contributed by atoms with E-state index in [1.54, 1.807) is 11.8 Å². The van der Waals surface area contributed by atoms with E-state index in [1.165, 1.54) is 26.3 Å². The van der Waals surface area contributed by atoms with Gasteiger partial charge in [-0.2, -0.15) is 0 Å². The predicted octanol–water partition coefficient (Wildman–Crippen LogP) is 4.94. The molecule has 3 aromatic rings. The van der Waals surface area contributed by atoms with E-state index in [4.69, 9.17) is 11.6 Å². The van der Waals surface area contributed by atoms with Crippen LogP contribution in [-0.2, 0) is 6.42 Å². The molecule has 3 heteroatoms. The Kier molecular flexibility index (Phi) is 2.54. The molecule has 19 heavy (non-hydrogen) atoms. The summed E-state index contributed by atoms with van der Waals surface area (Å²) in [5.74, 6) is 0. The second-order valence-electron chi connectivity index (χ2n) is 4.65. The van der Waals surface area contributed by atoms with E-state index < -0.39 is 0 Å². The largest absolute Gasteiger partial charge is 0.255 e. The third-order valence-electron chi connectivity index (χ3n) is 3.46. The van der Waals surface area contributed by atoms with Crippen LogP contribution in [-0.4, -0.2) is 4.98 Å². The van der Waals surface area contributed by atoms with Crippen molar-refractivity contribution in [3.63, 3.8) is 0 Å². The van der Waals surface area contributed by atoms with Crippen molar-refractivity contribution in [3.8, 4) is 0 Å². The summed E-state index contributed by atoms with van der Waals surface area (Å²) in [5.41, 5.74) is 3.74. The van der Waals surface area contributed by atoms with Gasteiger partial charge in [-0.05, 0) is 35.4 Å². The number of pyridine rings is 1. The van der Waals surface area contributed by atoms with E-state index in [-0.39, 0.29) is 0 Å². The minimum Gasteiger partial charge on any atom is -0.255 e. The molecule has 4 rings (SSSR count). The van der Waals surface area contributed by atoms with Crippen LogP contribution < -0.4 is 0 Å². The Morgan fingerprint density at radius 3 is 2.89 bits per heavy atom. The first-order chi connectivity index (χ1) is 9.31. The van der Waals surface area contributed by atoms with Gasteiger partial charge < -0.3 is 0 Å². The van der Waals surface area contributed by atoms with Crippen molar-refractivity contribution in [1.29, 1.82) is 0 Å². The summed E-state index contributed by atoms with van der Waals surface area (Å²) in [6.07, 6.45) is 2.92. The van der Waals surface area contributed by atoms with Crippen molar-refractivity contribution in [2.75, 3.05) is 0 Å². The number of hydrogen-bond acceptors (Lipinski definition) is 2. The number of rotatable bonds is 0. The fourth-order valence-corrected chi connectivity index (χ4v) is 3.79. The van der Waals surface area contributed by atoms with Crippen molar-refractivity contribution in [2.24, 2.45) is 0 Å². The normalized spacial score (nSPS) is 13.1. The third kappa shape index (κ3) is 1.83. The van der Waals surface area contributed by atoms with Gasteiger partial charge in [-0.15, -0.1) is 0 Å². The van der Waals surface area contributed by atoms with Crippen LogP contribution in [0.5, 0.6) is 0 Å². The SMILES string of the molecule is Clc1ccc2c(c1)Cc1c(cnc3ccccc13)S2. The number of nitrogens with zero attached hydrogens (tertiary/aromatic N) is 1. The van der Waals surface area contributed by atoms with Crippen LogP contribution in [0.25, 0.3) is 10.9 Å². The lowest BCUT2D eigenvalue weighted by molar-refractivity contribution is 1.05. The number of aromatic nitrogens is 1. The number of benzene rings is 2. The number of halogens is 1. The van der Waals surface area contributed by atoms with Crippen molar-refractivity contribution in [3.05, 3.63) is 64.8 Å². The lowest BCUT2D eigenvalue weighted by Crippen LogP contribution is -2.01. The van der Waals surface area contributed by atoms with E-state index in [1.807, 2.05) is 18.3 Å². The van der Waals surface area contributed by atoms with Gasteiger partial charge in [0.25, 0.3) is 0 Å². The van der Waals surface area contributed by atoms with Gasteiger partial charge in [-0.3, -0.25) is 4.98 Å². The maximum Gasteiger partial charge on any atom is 0.0705 e. The summed E-state index contributed by atoms with van der Waals surface area (Å²) in [6, 6.07) is 14.4. The van der Waals surface area contributed by atoms with Crippen LogP contribution >= 0.6 is 23.4 Å². The highest BCUT2D eigenvalue weighted by Gasteiger charge is 2.18. The minimum atomic E-state index is 0.807. The molecule has 0 radical (unpaired) electrons. The van der Waals surface area contributed by atoms with E-state index in [0.29, 0.717) is 0 Å². The lowest BCUT2D eigenvalue weighted by atomic mass is 10.0. The van der Waals surface area contributed by atoms with Crippen molar-refractivity contribution >= 4 is 34.3 Å². The van der Waals surface area contributed by atoms with Crippen molar-refractivity contribution in [1.82, 2.24) is 4.98 Å². The lowest BCUT2D eigenvalue weighted by Gasteiger charge is -2.20. The molecule has 0 bridgehead atoms. The monoisotopic (exact) mass is 283 g/mol. The molecule has 1 aromatic heterocycles. The summed E-state index contributed by atoms with van der Waals surface area (Å²) in [7, 11) is 0. The quantitative estimate of drug-likeness (QED) is 0.453. The van der Waals surface area contributed by atoms with Gasteiger partial charge in [0.1, 0.15) is 0 Å². The minimum absolute atomic E-state index is 0.807. The van der Waals surface area contributed by atoms with Gasteiger partial charge in [0.05, 0.1) is 5.52 Å². The Bertz CT molecular complexity index is 798. The Hall–Kier alpha value is -1.51. The summed E-state index contributed by atoms with van der Waals surface area (Å²) in [4.78, 5) is 7.08. The third-order valence-corrected chi connectivity index (χ3v) is 4.88.